The average Bonchev–Trinajstić information content (AvgIpc) is 2.84. The molecule has 0 aliphatic carbocycles. The second kappa shape index (κ2) is 3.56. The summed E-state index contributed by atoms with van der Waals surface area (Å²) in [6.07, 6.45) is -0.897. The van der Waals surface area contributed by atoms with E-state index in [1.165, 1.54) is 4.90 Å². The van der Waals surface area contributed by atoms with Crippen LogP contribution < -0.4 is 0 Å². The highest BCUT2D eigenvalue weighted by Gasteiger charge is 2.42. The maximum absolute atomic E-state index is 12.1. The Kier molecular flexibility index (Phi) is 2.16. The highest BCUT2D eigenvalue weighted by molar-refractivity contribution is 5.99. The van der Waals surface area contributed by atoms with Gasteiger partial charge in [-0.15, -0.1) is 0 Å². The summed E-state index contributed by atoms with van der Waals surface area (Å²) < 4.78 is 0. The number of carbonyl (C=O) groups excluding carboxylic acids is 1. The van der Waals surface area contributed by atoms with E-state index in [2.05, 4.69) is 5.16 Å². The van der Waals surface area contributed by atoms with Crippen molar-refractivity contribution in [2.24, 2.45) is 5.16 Å². The SMILES string of the molecule is CC1=NOC(N2C(=O)c3ccccc3C2O)C1. The van der Waals surface area contributed by atoms with Crippen molar-refractivity contribution in [3.05, 3.63) is 35.4 Å². The van der Waals surface area contributed by atoms with Crippen LogP contribution in [0.3, 0.4) is 0 Å². The molecular weight excluding hydrogens is 220 g/mol. The first-order chi connectivity index (χ1) is 8.18. The summed E-state index contributed by atoms with van der Waals surface area (Å²) in [5.41, 5.74) is 1.99. The van der Waals surface area contributed by atoms with Crippen LogP contribution in [0, 0.1) is 0 Å². The van der Waals surface area contributed by atoms with Crippen LogP contribution in [-0.4, -0.2) is 27.9 Å². The van der Waals surface area contributed by atoms with Crippen molar-refractivity contribution < 1.29 is 14.7 Å². The van der Waals surface area contributed by atoms with Crippen molar-refractivity contribution in [3.8, 4) is 0 Å². The molecular formula is C12H12N2O3. The van der Waals surface area contributed by atoms with E-state index < -0.39 is 12.5 Å². The van der Waals surface area contributed by atoms with E-state index in [4.69, 9.17) is 4.84 Å². The lowest BCUT2D eigenvalue weighted by Crippen LogP contribution is -2.38. The summed E-state index contributed by atoms with van der Waals surface area (Å²) in [4.78, 5) is 18.6. The van der Waals surface area contributed by atoms with Gasteiger partial charge < -0.3 is 9.94 Å². The molecule has 2 atom stereocenters. The van der Waals surface area contributed by atoms with Crippen LogP contribution in [-0.2, 0) is 4.84 Å². The van der Waals surface area contributed by atoms with Crippen LogP contribution in [0.15, 0.2) is 29.4 Å². The molecule has 0 saturated heterocycles. The minimum atomic E-state index is -0.940. The van der Waals surface area contributed by atoms with Crippen LogP contribution in [0.1, 0.15) is 35.5 Å². The number of fused-ring (bicyclic) bond motifs is 1. The molecule has 1 N–H and O–H groups in total. The average molecular weight is 232 g/mol. The summed E-state index contributed by atoms with van der Waals surface area (Å²) >= 11 is 0. The molecule has 2 heterocycles. The van der Waals surface area contributed by atoms with Crippen LogP contribution in [0.4, 0.5) is 0 Å². The lowest BCUT2D eigenvalue weighted by Gasteiger charge is -2.25. The number of rotatable bonds is 1. The van der Waals surface area contributed by atoms with Gasteiger partial charge in [0.15, 0.2) is 6.23 Å². The topological polar surface area (TPSA) is 62.1 Å². The molecule has 1 amide bonds. The molecule has 0 radical (unpaired) electrons. The Labute approximate surface area is 98.3 Å². The lowest BCUT2D eigenvalue weighted by atomic mass is 10.1. The summed E-state index contributed by atoms with van der Waals surface area (Å²) in [6, 6.07) is 7.05. The third kappa shape index (κ3) is 1.43. The van der Waals surface area contributed by atoms with Crippen LogP contribution in [0.25, 0.3) is 0 Å². The van der Waals surface area contributed by atoms with Gasteiger partial charge in [-0.1, -0.05) is 23.4 Å². The third-order valence-electron chi connectivity index (χ3n) is 3.08. The molecule has 3 rings (SSSR count). The van der Waals surface area contributed by atoms with Crippen molar-refractivity contribution in [1.29, 1.82) is 0 Å². The number of aliphatic hydroxyl groups is 1. The number of carbonyl (C=O) groups is 1. The van der Waals surface area contributed by atoms with Gasteiger partial charge in [0.1, 0.15) is 0 Å². The summed E-state index contributed by atoms with van der Waals surface area (Å²) in [7, 11) is 0. The van der Waals surface area contributed by atoms with E-state index in [1.54, 1.807) is 24.3 Å². The Morgan fingerprint density at radius 3 is 2.88 bits per heavy atom. The number of hydrogen-bond donors (Lipinski definition) is 1. The van der Waals surface area contributed by atoms with Crippen molar-refractivity contribution in [2.75, 3.05) is 0 Å². The predicted octanol–water partition coefficient (Wildman–Crippen LogP) is 1.26. The first-order valence-electron chi connectivity index (χ1n) is 5.47. The highest BCUT2D eigenvalue weighted by Crippen LogP contribution is 2.35. The van der Waals surface area contributed by atoms with Gasteiger partial charge in [0.05, 0.1) is 5.71 Å². The molecule has 17 heavy (non-hydrogen) atoms. The Hall–Kier alpha value is -1.88. The van der Waals surface area contributed by atoms with Crippen LogP contribution in [0.5, 0.6) is 0 Å². The van der Waals surface area contributed by atoms with E-state index >= 15 is 0 Å². The molecule has 1 aromatic carbocycles. The maximum atomic E-state index is 12.1. The van der Waals surface area contributed by atoms with Gasteiger partial charge in [-0.25, -0.2) is 0 Å². The molecule has 5 nitrogen and oxygen atoms in total. The highest BCUT2D eigenvalue weighted by atomic mass is 16.7. The van der Waals surface area contributed by atoms with E-state index in [-0.39, 0.29) is 5.91 Å². The zero-order valence-electron chi connectivity index (χ0n) is 9.33. The van der Waals surface area contributed by atoms with Crippen LogP contribution in [0.2, 0.25) is 0 Å². The Morgan fingerprint density at radius 2 is 2.24 bits per heavy atom. The second-order valence-electron chi connectivity index (χ2n) is 4.26. The smallest absolute Gasteiger partial charge is 0.259 e. The predicted molar refractivity (Wildman–Crippen MR) is 60.2 cm³/mol. The van der Waals surface area contributed by atoms with Gasteiger partial charge in [0.25, 0.3) is 5.91 Å². The normalized spacial score (nSPS) is 26.8. The summed E-state index contributed by atoms with van der Waals surface area (Å²) in [5.74, 6) is -0.206. The fourth-order valence-electron chi connectivity index (χ4n) is 2.23. The van der Waals surface area contributed by atoms with Crippen molar-refractivity contribution in [3.63, 3.8) is 0 Å². The summed E-state index contributed by atoms with van der Waals surface area (Å²) in [6.45, 7) is 1.83. The molecule has 0 bridgehead atoms. The van der Waals surface area contributed by atoms with E-state index in [1.807, 2.05) is 6.92 Å². The van der Waals surface area contributed by atoms with Gasteiger partial charge in [-0.05, 0) is 13.0 Å². The second-order valence-corrected chi connectivity index (χ2v) is 4.26. The number of benzene rings is 1. The molecule has 88 valence electrons. The standard InChI is InChI=1S/C12H12N2O3/c1-7-6-10(17-13-7)14-11(15)8-4-2-3-5-9(8)12(14)16/h2-5,10-11,15H,6H2,1H3. The van der Waals surface area contributed by atoms with Crippen LogP contribution >= 0.6 is 0 Å². The Bertz CT molecular complexity index is 512. The van der Waals surface area contributed by atoms with E-state index in [0.717, 1.165) is 5.71 Å². The van der Waals surface area contributed by atoms with Crippen molar-refractivity contribution in [1.82, 2.24) is 4.90 Å². The number of hydrogen-bond acceptors (Lipinski definition) is 4. The molecule has 2 aliphatic rings. The third-order valence-corrected chi connectivity index (χ3v) is 3.08. The molecule has 0 saturated carbocycles. The summed E-state index contributed by atoms with van der Waals surface area (Å²) in [5, 5.41) is 13.9. The molecule has 0 spiro atoms. The molecule has 0 fully saturated rings. The minimum absolute atomic E-state index is 0.206. The molecule has 2 unspecified atom stereocenters. The zero-order valence-corrected chi connectivity index (χ0v) is 9.33. The maximum Gasteiger partial charge on any atom is 0.259 e. The Balaban J connectivity index is 1.93. The number of amides is 1. The van der Waals surface area contributed by atoms with E-state index in [9.17, 15) is 9.90 Å². The van der Waals surface area contributed by atoms with Gasteiger partial charge in [0.2, 0.25) is 6.23 Å². The first kappa shape index (κ1) is 10.3. The van der Waals surface area contributed by atoms with Gasteiger partial charge in [0, 0.05) is 17.5 Å². The largest absolute Gasteiger partial charge is 0.370 e. The molecule has 2 aliphatic heterocycles. The van der Waals surface area contributed by atoms with Crippen molar-refractivity contribution >= 4 is 11.6 Å². The molecule has 1 aromatic rings. The quantitative estimate of drug-likeness (QED) is 0.792. The fraction of sp³-hybridized carbons (Fsp3) is 0.333. The number of nitrogens with zero attached hydrogens (tertiary/aromatic N) is 2. The fourth-order valence-corrected chi connectivity index (χ4v) is 2.23. The van der Waals surface area contributed by atoms with Gasteiger partial charge >= 0.3 is 0 Å². The Morgan fingerprint density at radius 1 is 1.47 bits per heavy atom. The molecule has 0 aromatic heterocycles. The lowest BCUT2D eigenvalue weighted by molar-refractivity contribution is -0.0905. The first-order valence-corrected chi connectivity index (χ1v) is 5.47. The number of oxime groups is 1. The van der Waals surface area contributed by atoms with Crippen molar-refractivity contribution in [2.45, 2.75) is 25.8 Å². The van der Waals surface area contributed by atoms with Gasteiger partial charge in [-0.2, -0.15) is 0 Å². The minimum Gasteiger partial charge on any atom is -0.370 e. The van der Waals surface area contributed by atoms with Gasteiger partial charge in [-0.3, -0.25) is 9.69 Å². The monoisotopic (exact) mass is 232 g/mol. The van der Waals surface area contributed by atoms with E-state index in [0.29, 0.717) is 17.5 Å². The zero-order chi connectivity index (χ0) is 12.0. The number of aliphatic hydroxyl groups excluding tert-OH is 1. The molecule has 5 heteroatoms.